The second-order valence-electron chi connectivity index (χ2n) is 6.24. The third-order valence-electron chi connectivity index (χ3n) is 4.26. The van der Waals surface area contributed by atoms with Gasteiger partial charge in [-0.25, -0.2) is 0 Å². The van der Waals surface area contributed by atoms with Crippen LogP contribution in [0.4, 0.5) is 0 Å². The Morgan fingerprint density at radius 3 is 2.15 bits per heavy atom. The van der Waals surface area contributed by atoms with E-state index in [4.69, 9.17) is 18.9 Å². The Kier molecular flexibility index (Phi) is 8.39. The summed E-state index contributed by atoms with van der Waals surface area (Å²) in [5.41, 5.74) is 2.06. The Morgan fingerprint density at radius 2 is 1.59 bits per heavy atom. The number of rotatable bonds is 11. The number of methoxy groups -OCH3 is 3. The minimum absolute atomic E-state index is 0.163. The van der Waals surface area contributed by atoms with Crippen molar-refractivity contribution in [2.24, 2.45) is 0 Å². The molecule has 148 valence electrons. The van der Waals surface area contributed by atoms with Gasteiger partial charge in [0.05, 0.1) is 40.6 Å². The van der Waals surface area contributed by atoms with Crippen molar-refractivity contribution in [3.05, 3.63) is 53.6 Å². The minimum Gasteiger partial charge on any atom is -0.493 e. The summed E-state index contributed by atoms with van der Waals surface area (Å²) in [6, 6.07) is 14.0. The maximum Gasteiger partial charge on any atom is 0.203 e. The van der Waals surface area contributed by atoms with Crippen LogP contribution in [0.15, 0.2) is 42.5 Å². The first kappa shape index (κ1) is 21.0. The molecule has 2 aromatic carbocycles. The summed E-state index contributed by atoms with van der Waals surface area (Å²) in [6.45, 7) is 3.08. The van der Waals surface area contributed by atoms with E-state index in [1.165, 1.54) is 5.56 Å². The van der Waals surface area contributed by atoms with Crippen LogP contribution in [0.25, 0.3) is 0 Å². The Balaban J connectivity index is 1.81. The van der Waals surface area contributed by atoms with E-state index in [9.17, 15) is 5.11 Å². The van der Waals surface area contributed by atoms with Crippen molar-refractivity contribution < 1.29 is 24.1 Å². The summed E-state index contributed by atoms with van der Waals surface area (Å²) >= 11 is 0. The number of ether oxygens (including phenoxy) is 4. The highest BCUT2D eigenvalue weighted by molar-refractivity contribution is 5.53. The molecule has 6 heteroatoms. The van der Waals surface area contributed by atoms with Crippen LogP contribution >= 0.6 is 0 Å². The van der Waals surface area contributed by atoms with Crippen molar-refractivity contribution >= 4 is 0 Å². The normalized spacial score (nSPS) is 13.1. The highest BCUT2D eigenvalue weighted by atomic mass is 16.5. The number of nitrogens with one attached hydrogen (secondary N) is 1. The van der Waals surface area contributed by atoms with Gasteiger partial charge in [-0.15, -0.1) is 0 Å². The average Bonchev–Trinajstić information content (AvgIpc) is 2.71. The first-order valence-electron chi connectivity index (χ1n) is 8.92. The van der Waals surface area contributed by atoms with E-state index in [2.05, 4.69) is 24.4 Å². The second-order valence-corrected chi connectivity index (χ2v) is 6.24. The van der Waals surface area contributed by atoms with Gasteiger partial charge in [-0.3, -0.25) is 0 Å². The Labute approximate surface area is 161 Å². The predicted octanol–water partition coefficient (Wildman–Crippen LogP) is 2.94. The summed E-state index contributed by atoms with van der Waals surface area (Å²) < 4.78 is 21.6. The standard InChI is InChI=1S/C21H29NO5/c1-15(17-8-6-5-7-9-17)22-12-18(23)14-27-13-16-10-19(24-2)21(26-4)20(11-16)25-3/h5-11,15,18,22-23H,12-14H2,1-4H3/t15-,18+/m0/s1. The van der Waals surface area contributed by atoms with Crippen LogP contribution in [0.3, 0.4) is 0 Å². The summed E-state index contributed by atoms with van der Waals surface area (Å²) in [5.74, 6) is 1.70. The summed E-state index contributed by atoms with van der Waals surface area (Å²) in [7, 11) is 4.72. The van der Waals surface area contributed by atoms with Crippen LogP contribution in [-0.4, -0.2) is 45.7 Å². The largest absolute Gasteiger partial charge is 0.493 e. The van der Waals surface area contributed by atoms with Crippen LogP contribution in [0.2, 0.25) is 0 Å². The molecule has 0 amide bonds. The molecule has 0 fully saturated rings. The van der Waals surface area contributed by atoms with Gasteiger partial charge in [0, 0.05) is 12.6 Å². The molecular weight excluding hydrogens is 346 g/mol. The topological polar surface area (TPSA) is 69.2 Å². The molecule has 0 aromatic heterocycles. The number of aliphatic hydroxyl groups excluding tert-OH is 1. The van der Waals surface area contributed by atoms with Crippen molar-refractivity contribution in [3.63, 3.8) is 0 Å². The van der Waals surface area contributed by atoms with Crippen LogP contribution < -0.4 is 19.5 Å². The third-order valence-corrected chi connectivity index (χ3v) is 4.26. The molecule has 0 saturated heterocycles. The minimum atomic E-state index is -0.599. The number of hydrogen-bond acceptors (Lipinski definition) is 6. The zero-order valence-electron chi connectivity index (χ0n) is 16.4. The van der Waals surface area contributed by atoms with Crippen molar-refractivity contribution in [2.45, 2.75) is 25.7 Å². The Hall–Kier alpha value is -2.28. The third kappa shape index (κ3) is 6.13. The molecule has 0 heterocycles. The SMILES string of the molecule is COc1cc(COC[C@H](O)CN[C@@H](C)c2ccccc2)cc(OC)c1OC. The van der Waals surface area contributed by atoms with E-state index in [1.54, 1.807) is 21.3 Å². The molecule has 0 aliphatic rings. The smallest absolute Gasteiger partial charge is 0.203 e. The van der Waals surface area contributed by atoms with Gasteiger partial charge in [-0.2, -0.15) is 0 Å². The van der Waals surface area contributed by atoms with Crippen LogP contribution in [-0.2, 0) is 11.3 Å². The van der Waals surface area contributed by atoms with Gasteiger partial charge in [-0.1, -0.05) is 30.3 Å². The molecule has 2 rings (SSSR count). The van der Waals surface area contributed by atoms with E-state index in [0.717, 1.165) is 5.56 Å². The molecule has 27 heavy (non-hydrogen) atoms. The molecule has 0 aliphatic heterocycles. The molecular formula is C21H29NO5. The highest BCUT2D eigenvalue weighted by Crippen LogP contribution is 2.38. The number of benzene rings is 2. The van der Waals surface area contributed by atoms with E-state index >= 15 is 0 Å². The lowest BCUT2D eigenvalue weighted by Gasteiger charge is -2.18. The zero-order valence-corrected chi connectivity index (χ0v) is 16.4. The number of hydrogen-bond donors (Lipinski definition) is 2. The molecule has 0 radical (unpaired) electrons. The summed E-state index contributed by atoms with van der Waals surface area (Å²) in [4.78, 5) is 0. The van der Waals surface area contributed by atoms with Crippen LogP contribution in [0, 0.1) is 0 Å². The lowest BCUT2D eigenvalue weighted by Crippen LogP contribution is -2.32. The Morgan fingerprint density at radius 1 is 0.963 bits per heavy atom. The molecule has 6 nitrogen and oxygen atoms in total. The van der Waals surface area contributed by atoms with Gasteiger partial charge in [0.15, 0.2) is 11.5 Å². The monoisotopic (exact) mass is 375 g/mol. The van der Waals surface area contributed by atoms with Gasteiger partial charge in [0.1, 0.15) is 0 Å². The number of aliphatic hydroxyl groups is 1. The lowest BCUT2D eigenvalue weighted by molar-refractivity contribution is 0.0277. The molecule has 2 atom stereocenters. The molecule has 0 saturated carbocycles. The highest BCUT2D eigenvalue weighted by Gasteiger charge is 2.14. The lowest BCUT2D eigenvalue weighted by atomic mass is 10.1. The first-order valence-corrected chi connectivity index (χ1v) is 8.92. The van der Waals surface area contributed by atoms with Gasteiger partial charge >= 0.3 is 0 Å². The van der Waals surface area contributed by atoms with Crippen molar-refractivity contribution in [3.8, 4) is 17.2 Å². The van der Waals surface area contributed by atoms with Gasteiger partial charge in [0.2, 0.25) is 5.75 Å². The zero-order chi connectivity index (χ0) is 19.6. The molecule has 0 spiro atoms. The fraction of sp³-hybridized carbons (Fsp3) is 0.429. The summed E-state index contributed by atoms with van der Waals surface area (Å²) in [6.07, 6.45) is -0.599. The van der Waals surface area contributed by atoms with Gasteiger partial charge < -0.3 is 29.4 Å². The maximum atomic E-state index is 10.1. The molecule has 0 unspecified atom stereocenters. The predicted molar refractivity (Wildman–Crippen MR) is 105 cm³/mol. The maximum absolute atomic E-state index is 10.1. The van der Waals surface area contributed by atoms with E-state index in [-0.39, 0.29) is 12.6 Å². The quantitative estimate of drug-likeness (QED) is 0.629. The molecule has 0 aliphatic carbocycles. The second kappa shape index (κ2) is 10.8. The van der Waals surface area contributed by atoms with Crippen molar-refractivity contribution in [1.82, 2.24) is 5.32 Å². The van der Waals surface area contributed by atoms with E-state index in [0.29, 0.717) is 30.4 Å². The first-order chi connectivity index (χ1) is 13.1. The van der Waals surface area contributed by atoms with Crippen LogP contribution in [0.5, 0.6) is 17.2 Å². The molecule has 2 aromatic rings. The van der Waals surface area contributed by atoms with Crippen molar-refractivity contribution in [2.75, 3.05) is 34.5 Å². The molecule has 2 N–H and O–H groups in total. The average molecular weight is 375 g/mol. The van der Waals surface area contributed by atoms with E-state index in [1.807, 2.05) is 30.3 Å². The van der Waals surface area contributed by atoms with Crippen LogP contribution in [0.1, 0.15) is 24.1 Å². The Bertz CT molecular complexity index is 667. The molecule has 0 bridgehead atoms. The fourth-order valence-electron chi connectivity index (χ4n) is 2.76. The van der Waals surface area contributed by atoms with Gasteiger partial charge in [0.25, 0.3) is 0 Å². The van der Waals surface area contributed by atoms with Gasteiger partial charge in [-0.05, 0) is 30.2 Å². The summed E-state index contributed by atoms with van der Waals surface area (Å²) in [5, 5.41) is 13.5. The fourth-order valence-corrected chi connectivity index (χ4v) is 2.76. The van der Waals surface area contributed by atoms with Crippen molar-refractivity contribution in [1.29, 1.82) is 0 Å². The van der Waals surface area contributed by atoms with E-state index < -0.39 is 6.10 Å².